The van der Waals surface area contributed by atoms with Crippen LogP contribution in [0, 0.1) is 0 Å². The van der Waals surface area contributed by atoms with Crippen LogP contribution in [-0.2, 0) is 9.59 Å². The Bertz CT molecular complexity index is 700. The van der Waals surface area contributed by atoms with Gasteiger partial charge >= 0.3 is 0 Å². The smallest absolute Gasteiger partial charge is 0.213 e. The van der Waals surface area contributed by atoms with Crippen molar-refractivity contribution in [1.29, 1.82) is 0 Å². The molecule has 0 aromatic heterocycles. The number of allylic oxidation sites excluding steroid dienone is 2. The summed E-state index contributed by atoms with van der Waals surface area (Å²) in [5.41, 5.74) is 1.30. The van der Waals surface area contributed by atoms with Gasteiger partial charge in [0.25, 0.3) is 0 Å². The summed E-state index contributed by atoms with van der Waals surface area (Å²) in [5, 5.41) is 10.0. The predicted octanol–water partition coefficient (Wildman–Crippen LogP) is 2.89. The molecule has 0 saturated heterocycles. The Balaban J connectivity index is 2.07. The van der Waals surface area contributed by atoms with Crippen LogP contribution in [0.1, 0.15) is 17.0 Å². The van der Waals surface area contributed by atoms with Crippen molar-refractivity contribution in [3.05, 3.63) is 77.5 Å². The summed E-state index contributed by atoms with van der Waals surface area (Å²) in [6.07, 6.45) is 0. The minimum absolute atomic E-state index is 0.115. The van der Waals surface area contributed by atoms with Crippen LogP contribution in [0.5, 0.6) is 0 Å². The SMILES string of the molecule is O=C1C(O)=C(c2ccccc2)C(=O)[C@H]1c1ccccc1. The van der Waals surface area contributed by atoms with Gasteiger partial charge in [0.15, 0.2) is 11.5 Å². The van der Waals surface area contributed by atoms with Gasteiger partial charge in [0.05, 0.1) is 5.57 Å². The monoisotopic (exact) mass is 264 g/mol. The molecule has 3 nitrogen and oxygen atoms in total. The molecule has 0 amide bonds. The molecule has 20 heavy (non-hydrogen) atoms. The molecule has 3 rings (SSSR count). The third-order valence-corrected chi connectivity index (χ3v) is 3.44. The van der Waals surface area contributed by atoms with Crippen LogP contribution in [0.25, 0.3) is 5.57 Å². The van der Waals surface area contributed by atoms with Gasteiger partial charge in [0.1, 0.15) is 5.92 Å². The van der Waals surface area contributed by atoms with Gasteiger partial charge < -0.3 is 5.11 Å². The molecule has 98 valence electrons. The van der Waals surface area contributed by atoms with Gasteiger partial charge in [0, 0.05) is 0 Å². The zero-order valence-corrected chi connectivity index (χ0v) is 10.6. The molecule has 1 aliphatic carbocycles. The molecule has 1 aliphatic rings. The van der Waals surface area contributed by atoms with Crippen LogP contribution in [0.3, 0.4) is 0 Å². The normalized spacial score (nSPS) is 18.7. The van der Waals surface area contributed by atoms with Gasteiger partial charge in [-0.25, -0.2) is 0 Å². The molecule has 0 aliphatic heterocycles. The van der Waals surface area contributed by atoms with E-state index in [1.54, 1.807) is 48.5 Å². The molecule has 1 N–H and O–H groups in total. The quantitative estimate of drug-likeness (QED) is 0.848. The number of benzene rings is 2. The lowest BCUT2D eigenvalue weighted by atomic mass is 9.92. The molecule has 0 radical (unpaired) electrons. The number of hydrogen-bond acceptors (Lipinski definition) is 3. The van der Waals surface area contributed by atoms with E-state index in [4.69, 9.17) is 0 Å². The topological polar surface area (TPSA) is 54.4 Å². The summed E-state index contributed by atoms with van der Waals surface area (Å²) in [7, 11) is 0. The maximum absolute atomic E-state index is 12.5. The second-order valence-electron chi connectivity index (χ2n) is 4.66. The average molecular weight is 264 g/mol. The number of rotatable bonds is 2. The van der Waals surface area contributed by atoms with Crippen molar-refractivity contribution in [3.8, 4) is 0 Å². The van der Waals surface area contributed by atoms with Crippen molar-refractivity contribution in [3.63, 3.8) is 0 Å². The number of carbonyl (C=O) groups excluding carboxylic acids is 2. The van der Waals surface area contributed by atoms with Crippen LogP contribution in [0.2, 0.25) is 0 Å². The van der Waals surface area contributed by atoms with Gasteiger partial charge in [-0.05, 0) is 11.1 Å². The Hall–Kier alpha value is -2.68. The largest absolute Gasteiger partial charge is 0.504 e. The first-order chi connectivity index (χ1) is 9.70. The number of carbonyl (C=O) groups is 2. The van der Waals surface area contributed by atoms with E-state index in [9.17, 15) is 14.7 Å². The fourth-order valence-electron chi connectivity index (χ4n) is 2.47. The minimum Gasteiger partial charge on any atom is -0.504 e. The first-order valence-corrected chi connectivity index (χ1v) is 6.32. The van der Waals surface area contributed by atoms with Crippen molar-refractivity contribution in [2.24, 2.45) is 0 Å². The molecule has 0 bridgehead atoms. The third-order valence-electron chi connectivity index (χ3n) is 3.44. The molecular formula is C17H12O3. The van der Waals surface area contributed by atoms with E-state index in [2.05, 4.69) is 0 Å². The summed E-state index contributed by atoms with van der Waals surface area (Å²) in [6.45, 7) is 0. The van der Waals surface area contributed by atoms with Crippen LogP contribution in [-0.4, -0.2) is 16.7 Å². The fourth-order valence-corrected chi connectivity index (χ4v) is 2.47. The van der Waals surface area contributed by atoms with E-state index in [1.165, 1.54) is 0 Å². The number of Topliss-reactive ketones (excluding diaryl/α,β-unsaturated/α-hetero) is 2. The Morgan fingerprint density at radius 3 is 1.90 bits per heavy atom. The Kier molecular flexibility index (Phi) is 2.95. The highest BCUT2D eigenvalue weighted by molar-refractivity contribution is 6.41. The van der Waals surface area contributed by atoms with Crippen LogP contribution < -0.4 is 0 Å². The fraction of sp³-hybridized carbons (Fsp3) is 0.0588. The second kappa shape index (κ2) is 4.78. The highest BCUT2D eigenvalue weighted by Gasteiger charge is 2.42. The molecule has 3 heteroatoms. The number of aliphatic hydroxyl groups excluding tert-OH is 1. The first kappa shape index (κ1) is 12.4. The molecule has 2 aromatic carbocycles. The van der Waals surface area contributed by atoms with E-state index >= 15 is 0 Å². The predicted molar refractivity (Wildman–Crippen MR) is 75.2 cm³/mol. The van der Waals surface area contributed by atoms with Crippen molar-refractivity contribution in [2.75, 3.05) is 0 Å². The van der Waals surface area contributed by atoms with E-state index in [0.29, 0.717) is 11.1 Å². The van der Waals surface area contributed by atoms with Crippen LogP contribution >= 0.6 is 0 Å². The lowest BCUT2D eigenvalue weighted by molar-refractivity contribution is -0.123. The highest BCUT2D eigenvalue weighted by Crippen LogP contribution is 2.36. The van der Waals surface area contributed by atoms with Gasteiger partial charge in [-0.3, -0.25) is 9.59 Å². The van der Waals surface area contributed by atoms with Gasteiger partial charge in [-0.2, -0.15) is 0 Å². The third kappa shape index (κ3) is 1.84. The molecule has 0 unspecified atom stereocenters. The molecular weight excluding hydrogens is 252 g/mol. The summed E-state index contributed by atoms with van der Waals surface area (Å²) in [5.74, 6) is -2.23. The number of aliphatic hydroxyl groups is 1. The molecule has 0 fully saturated rings. The van der Waals surface area contributed by atoms with Gasteiger partial charge in [-0.1, -0.05) is 60.7 Å². The summed E-state index contributed by atoms with van der Waals surface area (Å²) >= 11 is 0. The Morgan fingerprint density at radius 1 is 0.750 bits per heavy atom. The zero-order valence-electron chi connectivity index (χ0n) is 10.6. The molecule has 0 heterocycles. The molecule has 0 saturated carbocycles. The van der Waals surface area contributed by atoms with E-state index in [1.807, 2.05) is 12.1 Å². The summed E-state index contributed by atoms with van der Waals surface area (Å²) in [6, 6.07) is 17.6. The van der Waals surface area contributed by atoms with Crippen LogP contribution in [0.4, 0.5) is 0 Å². The minimum atomic E-state index is -0.925. The highest BCUT2D eigenvalue weighted by atomic mass is 16.3. The maximum atomic E-state index is 12.5. The second-order valence-corrected chi connectivity index (χ2v) is 4.66. The summed E-state index contributed by atoms with van der Waals surface area (Å²) in [4.78, 5) is 24.7. The Labute approximate surface area is 116 Å². The first-order valence-electron chi connectivity index (χ1n) is 6.32. The Morgan fingerprint density at radius 2 is 1.30 bits per heavy atom. The standard InChI is InChI=1S/C17H12O3/c18-15-13(11-7-3-1-4-8-11)16(19)17(20)14(15)12-9-5-2-6-10-12/h1-10,13,20H/t13-/m1/s1. The van der Waals surface area contributed by atoms with E-state index in [-0.39, 0.29) is 11.4 Å². The average Bonchev–Trinajstić information content (AvgIpc) is 2.71. The maximum Gasteiger partial charge on any atom is 0.213 e. The van der Waals surface area contributed by atoms with Crippen molar-refractivity contribution in [2.45, 2.75) is 5.92 Å². The van der Waals surface area contributed by atoms with Crippen molar-refractivity contribution in [1.82, 2.24) is 0 Å². The van der Waals surface area contributed by atoms with Crippen LogP contribution in [0.15, 0.2) is 66.4 Å². The van der Waals surface area contributed by atoms with Crippen molar-refractivity contribution < 1.29 is 14.7 Å². The number of ketones is 2. The van der Waals surface area contributed by atoms with E-state index in [0.717, 1.165) is 0 Å². The molecule has 0 spiro atoms. The molecule has 1 atom stereocenters. The van der Waals surface area contributed by atoms with E-state index < -0.39 is 17.5 Å². The van der Waals surface area contributed by atoms with Crippen molar-refractivity contribution >= 4 is 17.1 Å². The molecule has 2 aromatic rings. The zero-order chi connectivity index (χ0) is 14.1. The lowest BCUT2D eigenvalue weighted by Gasteiger charge is -2.07. The van der Waals surface area contributed by atoms with Gasteiger partial charge in [0.2, 0.25) is 5.78 Å². The lowest BCUT2D eigenvalue weighted by Crippen LogP contribution is -2.15. The van der Waals surface area contributed by atoms with Gasteiger partial charge in [-0.15, -0.1) is 0 Å². The number of hydrogen-bond donors (Lipinski definition) is 1. The summed E-state index contributed by atoms with van der Waals surface area (Å²) < 4.78 is 0.